The standard InChI is InChI=1S/C19H30N4O2.HI/c1-3-20-19(21-12-11-18(24)23-13-7-8-14-23)22-15-16-9-5-6-10-17(16)25-4-2;/h5-6,9-10H,3-4,7-8,11-15H2,1-2H3,(H2,20,21,22);1H. The lowest BCUT2D eigenvalue weighted by molar-refractivity contribution is -0.129. The number of benzene rings is 1. The third-order valence-corrected chi connectivity index (χ3v) is 4.11. The van der Waals surface area contributed by atoms with E-state index in [1.54, 1.807) is 0 Å². The second kappa shape index (κ2) is 12.8. The van der Waals surface area contributed by atoms with Crippen molar-refractivity contribution in [3.8, 4) is 5.75 Å². The zero-order valence-corrected chi connectivity index (χ0v) is 18.1. The molecule has 0 saturated carbocycles. The lowest BCUT2D eigenvalue weighted by Gasteiger charge is -2.16. The van der Waals surface area contributed by atoms with Crippen LogP contribution in [0.4, 0.5) is 0 Å². The van der Waals surface area contributed by atoms with Crippen LogP contribution in [0.3, 0.4) is 0 Å². The highest BCUT2D eigenvalue weighted by Crippen LogP contribution is 2.18. The molecule has 146 valence electrons. The first-order chi connectivity index (χ1) is 12.2. The summed E-state index contributed by atoms with van der Waals surface area (Å²) in [6, 6.07) is 7.94. The maximum Gasteiger partial charge on any atom is 0.224 e. The second-order valence-corrected chi connectivity index (χ2v) is 6.00. The van der Waals surface area contributed by atoms with E-state index in [0.29, 0.717) is 26.1 Å². The lowest BCUT2D eigenvalue weighted by atomic mass is 10.2. The largest absolute Gasteiger partial charge is 0.494 e. The number of carbonyl (C=O) groups excluding carboxylic acids is 1. The molecule has 1 saturated heterocycles. The normalized spacial score (nSPS) is 13.9. The number of halogens is 1. The van der Waals surface area contributed by atoms with E-state index in [4.69, 9.17) is 4.74 Å². The molecule has 0 aliphatic carbocycles. The summed E-state index contributed by atoms with van der Waals surface area (Å²) < 4.78 is 5.64. The topological polar surface area (TPSA) is 66.0 Å². The molecule has 0 radical (unpaired) electrons. The Hall–Kier alpha value is -1.51. The fourth-order valence-electron chi connectivity index (χ4n) is 2.85. The highest BCUT2D eigenvalue weighted by molar-refractivity contribution is 14.0. The van der Waals surface area contributed by atoms with Gasteiger partial charge in [-0.3, -0.25) is 4.79 Å². The van der Waals surface area contributed by atoms with Crippen molar-refractivity contribution in [2.24, 2.45) is 4.99 Å². The summed E-state index contributed by atoms with van der Waals surface area (Å²) >= 11 is 0. The highest BCUT2D eigenvalue weighted by atomic mass is 127. The Morgan fingerprint density at radius 1 is 1.19 bits per heavy atom. The number of carbonyl (C=O) groups is 1. The van der Waals surface area contributed by atoms with E-state index in [1.165, 1.54) is 0 Å². The van der Waals surface area contributed by atoms with Crippen LogP contribution in [0.2, 0.25) is 0 Å². The van der Waals surface area contributed by atoms with Gasteiger partial charge in [0.05, 0.1) is 13.2 Å². The summed E-state index contributed by atoms with van der Waals surface area (Å²) in [4.78, 5) is 18.6. The zero-order chi connectivity index (χ0) is 17.9. The van der Waals surface area contributed by atoms with Crippen LogP contribution < -0.4 is 15.4 Å². The van der Waals surface area contributed by atoms with E-state index < -0.39 is 0 Å². The predicted molar refractivity (Wildman–Crippen MR) is 116 cm³/mol. The number of amides is 1. The predicted octanol–water partition coefficient (Wildman–Crippen LogP) is 2.77. The first-order valence-electron chi connectivity index (χ1n) is 9.25. The number of rotatable bonds is 8. The van der Waals surface area contributed by atoms with Gasteiger partial charge in [0.2, 0.25) is 5.91 Å². The Morgan fingerprint density at radius 2 is 1.92 bits per heavy atom. The molecule has 0 atom stereocenters. The number of hydrogen-bond donors (Lipinski definition) is 2. The zero-order valence-electron chi connectivity index (χ0n) is 15.8. The maximum absolute atomic E-state index is 12.1. The summed E-state index contributed by atoms with van der Waals surface area (Å²) in [7, 11) is 0. The highest BCUT2D eigenvalue weighted by Gasteiger charge is 2.17. The molecule has 1 amide bonds. The third-order valence-electron chi connectivity index (χ3n) is 4.11. The molecule has 0 spiro atoms. The molecule has 0 unspecified atom stereocenters. The Labute approximate surface area is 173 Å². The molecule has 1 aromatic rings. The number of nitrogens with one attached hydrogen (secondary N) is 2. The van der Waals surface area contributed by atoms with Crippen LogP contribution in [0, 0.1) is 0 Å². The summed E-state index contributed by atoms with van der Waals surface area (Å²) in [5.41, 5.74) is 1.05. The summed E-state index contributed by atoms with van der Waals surface area (Å²) in [5, 5.41) is 6.47. The Balaban J connectivity index is 0.00000338. The number of nitrogens with zero attached hydrogens (tertiary/aromatic N) is 2. The number of likely N-dealkylation sites (tertiary alicyclic amines) is 1. The van der Waals surface area contributed by atoms with Crippen molar-refractivity contribution >= 4 is 35.8 Å². The van der Waals surface area contributed by atoms with Crippen LogP contribution in [0.1, 0.15) is 38.7 Å². The van der Waals surface area contributed by atoms with Crippen molar-refractivity contribution in [1.29, 1.82) is 0 Å². The van der Waals surface area contributed by atoms with Gasteiger partial charge < -0.3 is 20.3 Å². The van der Waals surface area contributed by atoms with E-state index >= 15 is 0 Å². The molecule has 7 heteroatoms. The SMILES string of the molecule is CCNC(=NCc1ccccc1OCC)NCCC(=O)N1CCCC1.I. The van der Waals surface area contributed by atoms with E-state index in [1.807, 2.05) is 43.0 Å². The first kappa shape index (κ1) is 22.5. The molecule has 1 aromatic carbocycles. The smallest absolute Gasteiger partial charge is 0.224 e. The van der Waals surface area contributed by atoms with Crippen molar-refractivity contribution < 1.29 is 9.53 Å². The fraction of sp³-hybridized carbons (Fsp3) is 0.579. The minimum absolute atomic E-state index is 0. The van der Waals surface area contributed by atoms with Crippen LogP contribution in [-0.4, -0.2) is 49.6 Å². The molecule has 1 heterocycles. The molecule has 6 nitrogen and oxygen atoms in total. The minimum Gasteiger partial charge on any atom is -0.494 e. The number of guanidine groups is 1. The van der Waals surface area contributed by atoms with Crippen molar-refractivity contribution in [1.82, 2.24) is 15.5 Å². The Kier molecular flexibility index (Phi) is 11.1. The lowest BCUT2D eigenvalue weighted by Crippen LogP contribution is -2.39. The molecular weight excluding hydrogens is 443 g/mol. The quantitative estimate of drug-likeness (QED) is 0.346. The Morgan fingerprint density at radius 3 is 2.62 bits per heavy atom. The van der Waals surface area contributed by atoms with Gasteiger partial charge in [-0.15, -0.1) is 24.0 Å². The van der Waals surface area contributed by atoms with Gasteiger partial charge in [0.25, 0.3) is 0 Å². The molecule has 1 aliphatic rings. The van der Waals surface area contributed by atoms with Crippen LogP contribution in [0.25, 0.3) is 0 Å². The van der Waals surface area contributed by atoms with Crippen LogP contribution in [0.15, 0.2) is 29.3 Å². The number of para-hydroxylation sites is 1. The summed E-state index contributed by atoms with van der Waals surface area (Å²) in [6.07, 6.45) is 2.75. The molecule has 0 bridgehead atoms. The summed E-state index contributed by atoms with van der Waals surface area (Å²) in [5.74, 6) is 1.82. The van der Waals surface area contributed by atoms with Crippen molar-refractivity contribution in [2.75, 3.05) is 32.8 Å². The number of aliphatic imine (C=N–C) groups is 1. The molecule has 0 aromatic heterocycles. The van der Waals surface area contributed by atoms with Gasteiger partial charge in [0.15, 0.2) is 5.96 Å². The van der Waals surface area contributed by atoms with Gasteiger partial charge in [-0.05, 0) is 32.8 Å². The molecule has 26 heavy (non-hydrogen) atoms. The number of hydrogen-bond acceptors (Lipinski definition) is 3. The van der Waals surface area contributed by atoms with Gasteiger partial charge in [-0.2, -0.15) is 0 Å². The van der Waals surface area contributed by atoms with E-state index in [0.717, 1.165) is 49.7 Å². The molecule has 2 rings (SSSR count). The van der Waals surface area contributed by atoms with E-state index in [2.05, 4.69) is 15.6 Å². The molecular formula is C19H31IN4O2. The van der Waals surface area contributed by atoms with Gasteiger partial charge in [-0.25, -0.2) is 4.99 Å². The van der Waals surface area contributed by atoms with E-state index in [-0.39, 0.29) is 29.9 Å². The average Bonchev–Trinajstić information content (AvgIpc) is 3.15. The minimum atomic E-state index is 0. The average molecular weight is 474 g/mol. The monoisotopic (exact) mass is 474 g/mol. The summed E-state index contributed by atoms with van der Waals surface area (Å²) in [6.45, 7) is 8.35. The van der Waals surface area contributed by atoms with Gasteiger partial charge in [0.1, 0.15) is 5.75 Å². The first-order valence-corrected chi connectivity index (χ1v) is 9.25. The van der Waals surface area contributed by atoms with Gasteiger partial charge in [-0.1, -0.05) is 18.2 Å². The van der Waals surface area contributed by atoms with Crippen LogP contribution in [-0.2, 0) is 11.3 Å². The van der Waals surface area contributed by atoms with Gasteiger partial charge >= 0.3 is 0 Å². The second-order valence-electron chi connectivity index (χ2n) is 6.00. The van der Waals surface area contributed by atoms with Crippen molar-refractivity contribution in [3.05, 3.63) is 29.8 Å². The van der Waals surface area contributed by atoms with Crippen molar-refractivity contribution in [3.63, 3.8) is 0 Å². The molecule has 2 N–H and O–H groups in total. The van der Waals surface area contributed by atoms with E-state index in [9.17, 15) is 4.79 Å². The maximum atomic E-state index is 12.1. The van der Waals surface area contributed by atoms with Gasteiger partial charge in [0, 0.05) is 38.2 Å². The third kappa shape index (κ3) is 7.39. The Bertz CT molecular complexity index is 574. The van der Waals surface area contributed by atoms with Crippen molar-refractivity contribution in [2.45, 2.75) is 39.7 Å². The van der Waals surface area contributed by atoms with Crippen LogP contribution in [0.5, 0.6) is 5.75 Å². The molecule has 1 aliphatic heterocycles. The fourth-order valence-corrected chi connectivity index (χ4v) is 2.85. The molecule has 1 fully saturated rings. The number of ether oxygens (including phenoxy) is 1. The van der Waals surface area contributed by atoms with Crippen LogP contribution >= 0.6 is 24.0 Å².